The standard InChI is InChI=1S/C20H20N4O2S/c1-4-12-24-16(25)11-10-15(23-24)18-17(14-8-6-5-7-9-14)22-20(27-18)19(26)21-13(2)3/h4-11,13H,1,12H2,2-3H3,(H,21,26). The summed E-state index contributed by atoms with van der Waals surface area (Å²) in [5.41, 5.74) is 1.94. The van der Waals surface area contributed by atoms with E-state index < -0.39 is 0 Å². The van der Waals surface area contributed by atoms with Gasteiger partial charge in [-0.05, 0) is 19.9 Å². The summed E-state index contributed by atoms with van der Waals surface area (Å²) in [7, 11) is 0. The topological polar surface area (TPSA) is 76.9 Å². The average Bonchev–Trinajstić information content (AvgIpc) is 3.09. The van der Waals surface area contributed by atoms with E-state index in [0.717, 1.165) is 10.4 Å². The van der Waals surface area contributed by atoms with Gasteiger partial charge in [0, 0.05) is 17.7 Å². The maximum atomic E-state index is 12.5. The van der Waals surface area contributed by atoms with Gasteiger partial charge in [0.15, 0.2) is 5.01 Å². The van der Waals surface area contributed by atoms with Gasteiger partial charge in [-0.2, -0.15) is 5.10 Å². The van der Waals surface area contributed by atoms with Crippen LogP contribution in [-0.4, -0.2) is 26.7 Å². The van der Waals surface area contributed by atoms with Crippen molar-refractivity contribution < 1.29 is 4.79 Å². The molecule has 0 aliphatic carbocycles. The van der Waals surface area contributed by atoms with Crippen LogP contribution in [0.15, 0.2) is 59.9 Å². The molecule has 0 radical (unpaired) electrons. The van der Waals surface area contributed by atoms with E-state index in [2.05, 4.69) is 22.0 Å². The summed E-state index contributed by atoms with van der Waals surface area (Å²) in [5, 5.41) is 7.65. The summed E-state index contributed by atoms with van der Waals surface area (Å²) in [6.45, 7) is 7.77. The van der Waals surface area contributed by atoms with Crippen molar-refractivity contribution in [1.29, 1.82) is 0 Å². The van der Waals surface area contributed by atoms with Gasteiger partial charge in [-0.3, -0.25) is 9.59 Å². The fourth-order valence-corrected chi connectivity index (χ4v) is 3.49. The Labute approximate surface area is 161 Å². The number of rotatable bonds is 6. The molecule has 0 unspecified atom stereocenters. The molecule has 0 aliphatic rings. The molecule has 3 aromatic rings. The summed E-state index contributed by atoms with van der Waals surface area (Å²) in [6.07, 6.45) is 1.62. The molecular weight excluding hydrogens is 360 g/mol. The molecule has 3 rings (SSSR count). The number of nitrogens with zero attached hydrogens (tertiary/aromatic N) is 3. The predicted molar refractivity (Wildman–Crippen MR) is 108 cm³/mol. The lowest BCUT2D eigenvalue weighted by Gasteiger charge is -2.05. The maximum absolute atomic E-state index is 12.5. The molecule has 7 heteroatoms. The van der Waals surface area contributed by atoms with Gasteiger partial charge in [0.05, 0.1) is 17.1 Å². The number of allylic oxidation sites excluding steroid dienone is 1. The lowest BCUT2D eigenvalue weighted by Crippen LogP contribution is -2.29. The van der Waals surface area contributed by atoms with Gasteiger partial charge >= 0.3 is 0 Å². The molecule has 0 fully saturated rings. The molecule has 1 N–H and O–H groups in total. The minimum absolute atomic E-state index is 0.0117. The number of carbonyl (C=O) groups is 1. The number of hydrogen-bond acceptors (Lipinski definition) is 5. The van der Waals surface area contributed by atoms with Gasteiger partial charge < -0.3 is 5.32 Å². The van der Waals surface area contributed by atoms with Gasteiger partial charge in [0.2, 0.25) is 0 Å². The first-order chi connectivity index (χ1) is 13.0. The van der Waals surface area contributed by atoms with Crippen LogP contribution in [0, 0.1) is 0 Å². The van der Waals surface area contributed by atoms with E-state index in [4.69, 9.17) is 0 Å². The SMILES string of the molecule is C=CCn1nc(-c2sc(C(=O)NC(C)C)nc2-c2ccccc2)ccc1=O. The van der Waals surface area contributed by atoms with Crippen molar-refractivity contribution >= 4 is 17.2 Å². The monoisotopic (exact) mass is 380 g/mol. The van der Waals surface area contributed by atoms with E-state index in [9.17, 15) is 9.59 Å². The van der Waals surface area contributed by atoms with Crippen LogP contribution in [0.3, 0.4) is 0 Å². The smallest absolute Gasteiger partial charge is 0.280 e. The number of benzene rings is 1. The van der Waals surface area contributed by atoms with E-state index in [1.54, 1.807) is 12.1 Å². The van der Waals surface area contributed by atoms with Gasteiger partial charge in [0.25, 0.3) is 11.5 Å². The molecule has 1 amide bonds. The number of aromatic nitrogens is 3. The Kier molecular flexibility index (Phi) is 5.61. The van der Waals surface area contributed by atoms with Crippen LogP contribution in [-0.2, 0) is 6.54 Å². The zero-order valence-electron chi connectivity index (χ0n) is 15.2. The molecule has 0 aliphatic heterocycles. The third kappa shape index (κ3) is 4.20. The normalized spacial score (nSPS) is 10.8. The van der Waals surface area contributed by atoms with Gasteiger partial charge in [-0.25, -0.2) is 9.67 Å². The van der Waals surface area contributed by atoms with Crippen molar-refractivity contribution in [1.82, 2.24) is 20.1 Å². The highest BCUT2D eigenvalue weighted by atomic mass is 32.1. The molecular formula is C20H20N4O2S. The van der Waals surface area contributed by atoms with E-state index in [0.29, 0.717) is 22.9 Å². The average molecular weight is 380 g/mol. The number of amides is 1. The lowest BCUT2D eigenvalue weighted by atomic mass is 10.1. The summed E-state index contributed by atoms with van der Waals surface area (Å²) < 4.78 is 1.34. The minimum atomic E-state index is -0.224. The van der Waals surface area contributed by atoms with Crippen LogP contribution in [0.5, 0.6) is 0 Å². The van der Waals surface area contributed by atoms with Crippen molar-refractivity contribution in [3.05, 3.63) is 70.5 Å². The minimum Gasteiger partial charge on any atom is -0.348 e. The van der Waals surface area contributed by atoms with E-state index in [-0.39, 0.29) is 17.5 Å². The highest BCUT2D eigenvalue weighted by Gasteiger charge is 2.21. The van der Waals surface area contributed by atoms with Crippen LogP contribution >= 0.6 is 11.3 Å². The molecule has 27 heavy (non-hydrogen) atoms. The third-order valence-corrected chi connectivity index (χ3v) is 4.77. The lowest BCUT2D eigenvalue weighted by molar-refractivity contribution is 0.0943. The number of nitrogens with one attached hydrogen (secondary N) is 1. The van der Waals surface area contributed by atoms with Crippen molar-refractivity contribution in [2.45, 2.75) is 26.4 Å². The molecule has 1 aromatic carbocycles. The molecule has 2 heterocycles. The van der Waals surface area contributed by atoms with Gasteiger partial charge in [-0.15, -0.1) is 17.9 Å². The Morgan fingerprint density at radius 3 is 2.67 bits per heavy atom. The largest absolute Gasteiger partial charge is 0.348 e. The summed E-state index contributed by atoms with van der Waals surface area (Å²) in [5.74, 6) is -0.224. The van der Waals surface area contributed by atoms with Gasteiger partial charge in [-0.1, -0.05) is 36.4 Å². The van der Waals surface area contributed by atoms with E-state index in [1.165, 1.54) is 22.1 Å². The van der Waals surface area contributed by atoms with Crippen LogP contribution in [0.4, 0.5) is 0 Å². The molecule has 2 aromatic heterocycles. The van der Waals surface area contributed by atoms with Crippen LogP contribution < -0.4 is 10.9 Å². The molecule has 0 saturated heterocycles. The highest BCUT2D eigenvalue weighted by Crippen LogP contribution is 2.35. The molecule has 6 nitrogen and oxygen atoms in total. The Morgan fingerprint density at radius 1 is 1.26 bits per heavy atom. The molecule has 0 bridgehead atoms. The summed E-state index contributed by atoms with van der Waals surface area (Å²) >= 11 is 1.26. The van der Waals surface area contributed by atoms with Crippen molar-refractivity contribution in [3.63, 3.8) is 0 Å². The molecule has 0 atom stereocenters. The molecule has 0 spiro atoms. The van der Waals surface area contributed by atoms with Crippen molar-refractivity contribution in [2.75, 3.05) is 0 Å². The highest BCUT2D eigenvalue weighted by molar-refractivity contribution is 7.17. The first kappa shape index (κ1) is 18.7. The van der Waals surface area contributed by atoms with Gasteiger partial charge in [0.1, 0.15) is 5.69 Å². The Hall–Kier alpha value is -3.06. The fraction of sp³-hybridized carbons (Fsp3) is 0.200. The number of hydrogen-bond donors (Lipinski definition) is 1. The number of thiazole rings is 1. The summed E-state index contributed by atoms with van der Waals surface area (Å²) in [6, 6.07) is 12.8. The fourth-order valence-electron chi connectivity index (χ4n) is 2.53. The quantitative estimate of drug-likeness (QED) is 0.665. The van der Waals surface area contributed by atoms with Crippen LogP contribution in [0.2, 0.25) is 0 Å². The first-order valence-corrected chi connectivity index (χ1v) is 9.37. The molecule has 0 saturated carbocycles. The molecule has 138 valence electrons. The van der Waals surface area contributed by atoms with Crippen LogP contribution in [0.1, 0.15) is 23.6 Å². The van der Waals surface area contributed by atoms with Crippen LogP contribution in [0.25, 0.3) is 21.8 Å². The zero-order chi connectivity index (χ0) is 19.4. The number of carbonyl (C=O) groups excluding carboxylic acids is 1. The summed E-state index contributed by atoms with van der Waals surface area (Å²) in [4.78, 5) is 29.7. The third-order valence-electron chi connectivity index (χ3n) is 3.69. The second-order valence-corrected chi connectivity index (χ2v) is 7.22. The zero-order valence-corrected chi connectivity index (χ0v) is 16.0. The van der Waals surface area contributed by atoms with E-state index in [1.807, 2.05) is 44.2 Å². The van der Waals surface area contributed by atoms with E-state index >= 15 is 0 Å². The Balaban J connectivity index is 2.14. The second kappa shape index (κ2) is 8.09. The Bertz CT molecular complexity index is 1020. The second-order valence-electron chi connectivity index (χ2n) is 6.22. The first-order valence-electron chi connectivity index (χ1n) is 8.56. The Morgan fingerprint density at radius 2 is 2.00 bits per heavy atom. The van der Waals surface area contributed by atoms with Crippen molar-refractivity contribution in [2.24, 2.45) is 0 Å². The van der Waals surface area contributed by atoms with Crippen molar-refractivity contribution in [3.8, 4) is 21.8 Å². The predicted octanol–water partition coefficient (Wildman–Crippen LogP) is 3.36. The maximum Gasteiger partial charge on any atom is 0.280 e.